The van der Waals surface area contributed by atoms with Crippen molar-refractivity contribution in [3.8, 4) is 0 Å². The number of likely N-dealkylation sites (N-methyl/N-ethyl adjacent to an activating group) is 1. The number of hydrogen-bond acceptors (Lipinski definition) is 1. The van der Waals surface area contributed by atoms with Crippen LogP contribution in [0.2, 0.25) is 0 Å². The van der Waals surface area contributed by atoms with E-state index in [9.17, 15) is 0 Å². The van der Waals surface area contributed by atoms with Crippen LogP contribution >= 0.6 is 0 Å². The summed E-state index contributed by atoms with van der Waals surface area (Å²) in [5.74, 6) is 0. The quantitative estimate of drug-likeness (QED) is 0.684. The molecule has 1 aliphatic rings. The minimum Gasteiger partial charge on any atom is -0.378 e. The van der Waals surface area contributed by atoms with Crippen LogP contribution in [0.15, 0.2) is 42.1 Å². The topological polar surface area (TPSA) is 6.25 Å². The van der Waals surface area contributed by atoms with Crippen molar-refractivity contribution in [1.82, 2.24) is 0 Å². The molecule has 0 spiro atoms. The van der Waals surface area contributed by atoms with Crippen LogP contribution in [-0.2, 0) is 0 Å². The number of hydrogen-bond donors (Lipinski definition) is 0. The predicted octanol–water partition coefficient (Wildman–Crippen LogP) is 2.38. The Morgan fingerprint density at radius 2 is 1.81 bits per heavy atom. The zero-order valence-corrected chi connectivity index (χ0v) is 10.0. The average molecular weight is 213 g/mol. The SMILES string of the molecule is CN(C)c1ccc(/C=C2\C=CC=[N+]2C)cc1. The standard InChI is InChI=1S/C14H17N2/c1-15(2)13-8-6-12(7-9-13)11-14-5-4-10-16(14)3/h4-11H,1-3H3/q+1. The van der Waals surface area contributed by atoms with Crippen LogP contribution in [-0.4, -0.2) is 31.9 Å². The average Bonchev–Trinajstić information content (AvgIpc) is 2.65. The molecule has 1 aromatic carbocycles. The van der Waals surface area contributed by atoms with Crippen LogP contribution in [0.1, 0.15) is 5.56 Å². The zero-order chi connectivity index (χ0) is 11.5. The van der Waals surface area contributed by atoms with Crippen LogP contribution in [0.5, 0.6) is 0 Å². The molecule has 82 valence electrons. The fraction of sp³-hybridized carbons (Fsp3) is 0.214. The van der Waals surface area contributed by atoms with Gasteiger partial charge in [-0.2, -0.15) is 0 Å². The Labute approximate surface area is 96.8 Å². The van der Waals surface area contributed by atoms with Gasteiger partial charge in [-0.05, 0) is 17.7 Å². The van der Waals surface area contributed by atoms with Crippen molar-refractivity contribution in [2.45, 2.75) is 0 Å². The molecule has 2 nitrogen and oxygen atoms in total. The van der Waals surface area contributed by atoms with Crippen molar-refractivity contribution in [2.24, 2.45) is 0 Å². The van der Waals surface area contributed by atoms with Gasteiger partial charge < -0.3 is 4.90 Å². The molecule has 1 aliphatic heterocycles. The van der Waals surface area contributed by atoms with Gasteiger partial charge in [-0.3, -0.25) is 0 Å². The van der Waals surface area contributed by atoms with Crippen LogP contribution < -0.4 is 4.90 Å². The lowest BCUT2D eigenvalue weighted by molar-refractivity contribution is -0.427. The van der Waals surface area contributed by atoms with Crippen molar-refractivity contribution in [2.75, 3.05) is 26.0 Å². The Morgan fingerprint density at radius 3 is 2.31 bits per heavy atom. The Balaban J connectivity index is 2.23. The fourth-order valence-corrected chi connectivity index (χ4v) is 1.66. The lowest BCUT2D eigenvalue weighted by atomic mass is 10.1. The van der Waals surface area contributed by atoms with Crippen molar-refractivity contribution < 1.29 is 4.58 Å². The molecule has 1 aromatic rings. The van der Waals surface area contributed by atoms with E-state index in [1.54, 1.807) is 0 Å². The Bertz CT molecular complexity index is 462. The van der Waals surface area contributed by atoms with Crippen LogP contribution in [0.3, 0.4) is 0 Å². The van der Waals surface area contributed by atoms with Gasteiger partial charge in [0, 0.05) is 38.0 Å². The molecular weight excluding hydrogens is 196 g/mol. The third kappa shape index (κ3) is 2.22. The molecule has 16 heavy (non-hydrogen) atoms. The van der Waals surface area contributed by atoms with E-state index in [1.165, 1.54) is 16.9 Å². The van der Waals surface area contributed by atoms with Crippen LogP contribution in [0.4, 0.5) is 5.69 Å². The summed E-state index contributed by atoms with van der Waals surface area (Å²) in [6.07, 6.45) is 8.40. The molecule has 0 N–H and O–H groups in total. The summed E-state index contributed by atoms with van der Waals surface area (Å²) in [5, 5.41) is 0. The third-order valence-electron chi connectivity index (χ3n) is 2.71. The highest BCUT2D eigenvalue weighted by molar-refractivity contribution is 5.72. The van der Waals surface area contributed by atoms with Gasteiger partial charge in [0.2, 0.25) is 5.70 Å². The van der Waals surface area contributed by atoms with E-state index < -0.39 is 0 Å². The van der Waals surface area contributed by atoms with Gasteiger partial charge in [-0.15, -0.1) is 0 Å². The maximum Gasteiger partial charge on any atom is 0.205 e. The summed E-state index contributed by atoms with van der Waals surface area (Å²) in [5.41, 5.74) is 3.68. The van der Waals surface area contributed by atoms with Crippen LogP contribution in [0, 0.1) is 0 Å². The Hall–Kier alpha value is -1.83. The highest BCUT2D eigenvalue weighted by atomic mass is 15.1. The van der Waals surface area contributed by atoms with Crippen molar-refractivity contribution in [3.63, 3.8) is 0 Å². The maximum atomic E-state index is 2.18. The van der Waals surface area contributed by atoms with E-state index in [0.29, 0.717) is 0 Å². The zero-order valence-electron chi connectivity index (χ0n) is 10.0. The van der Waals surface area contributed by atoms with Gasteiger partial charge in [-0.25, -0.2) is 4.58 Å². The van der Waals surface area contributed by atoms with E-state index in [0.717, 1.165) is 0 Å². The molecule has 0 radical (unpaired) electrons. The highest BCUT2D eigenvalue weighted by Crippen LogP contribution is 2.15. The number of anilines is 1. The highest BCUT2D eigenvalue weighted by Gasteiger charge is 2.08. The van der Waals surface area contributed by atoms with E-state index in [1.807, 2.05) is 0 Å². The summed E-state index contributed by atoms with van der Waals surface area (Å²) < 4.78 is 2.11. The van der Waals surface area contributed by atoms with Gasteiger partial charge >= 0.3 is 0 Å². The summed E-state index contributed by atoms with van der Waals surface area (Å²) in [6, 6.07) is 8.55. The maximum absolute atomic E-state index is 2.18. The summed E-state index contributed by atoms with van der Waals surface area (Å²) in [6.45, 7) is 0. The van der Waals surface area contributed by atoms with Crippen LogP contribution in [0.25, 0.3) is 6.08 Å². The number of nitrogens with zero attached hydrogens (tertiary/aromatic N) is 2. The molecule has 0 bridgehead atoms. The van der Waals surface area contributed by atoms with Crippen molar-refractivity contribution >= 4 is 18.0 Å². The minimum absolute atomic E-state index is 1.22. The van der Waals surface area contributed by atoms with E-state index in [-0.39, 0.29) is 0 Å². The second kappa shape index (κ2) is 4.35. The van der Waals surface area contributed by atoms with E-state index in [4.69, 9.17) is 0 Å². The molecule has 0 aliphatic carbocycles. The summed E-state index contributed by atoms with van der Waals surface area (Å²) in [7, 11) is 6.16. The van der Waals surface area contributed by atoms with Gasteiger partial charge in [0.05, 0.1) is 0 Å². The molecule has 0 fully saturated rings. The van der Waals surface area contributed by atoms with Gasteiger partial charge in [0.25, 0.3) is 0 Å². The lowest BCUT2D eigenvalue weighted by Gasteiger charge is -2.11. The van der Waals surface area contributed by atoms with E-state index in [2.05, 4.69) is 79.3 Å². The molecule has 0 amide bonds. The molecule has 0 unspecified atom stereocenters. The first-order valence-corrected chi connectivity index (χ1v) is 5.40. The second-order valence-electron chi connectivity index (χ2n) is 4.17. The fourth-order valence-electron chi connectivity index (χ4n) is 1.66. The number of benzene rings is 1. The van der Waals surface area contributed by atoms with Gasteiger partial charge in [0.1, 0.15) is 7.05 Å². The first kappa shape index (κ1) is 10.7. The molecule has 0 saturated heterocycles. The summed E-state index contributed by atoms with van der Waals surface area (Å²) in [4.78, 5) is 2.10. The molecule has 2 rings (SSSR count). The minimum atomic E-state index is 1.22. The lowest BCUT2D eigenvalue weighted by Crippen LogP contribution is -2.07. The Kier molecular flexibility index (Phi) is 2.91. The van der Waals surface area contributed by atoms with Crippen molar-refractivity contribution in [1.29, 1.82) is 0 Å². The Morgan fingerprint density at radius 1 is 1.12 bits per heavy atom. The molecule has 0 aromatic heterocycles. The van der Waals surface area contributed by atoms with Gasteiger partial charge in [0.15, 0.2) is 6.21 Å². The third-order valence-corrected chi connectivity index (χ3v) is 2.71. The first-order chi connectivity index (χ1) is 7.66. The van der Waals surface area contributed by atoms with Gasteiger partial charge in [-0.1, -0.05) is 12.1 Å². The smallest absolute Gasteiger partial charge is 0.205 e. The number of rotatable bonds is 2. The van der Waals surface area contributed by atoms with E-state index >= 15 is 0 Å². The molecular formula is C14H17N2+. The number of allylic oxidation sites excluding steroid dienone is 2. The normalized spacial score (nSPS) is 16.7. The molecule has 0 atom stereocenters. The largest absolute Gasteiger partial charge is 0.378 e. The molecule has 2 heteroatoms. The van der Waals surface area contributed by atoms with Crippen molar-refractivity contribution in [3.05, 3.63) is 47.7 Å². The predicted molar refractivity (Wildman–Crippen MR) is 70.1 cm³/mol. The first-order valence-electron chi connectivity index (χ1n) is 5.40. The molecule has 1 heterocycles. The monoisotopic (exact) mass is 213 g/mol. The molecule has 0 saturated carbocycles. The summed E-state index contributed by atoms with van der Waals surface area (Å²) >= 11 is 0. The second-order valence-corrected chi connectivity index (χ2v) is 4.17.